The molecule has 0 atom stereocenters. The van der Waals surface area contributed by atoms with E-state index in [1.165, 1.54) is 0 Å². The minimum atomic E-state index is -3.75. The van der Waals surface area contributed by atoms with Crippen molar-refractivity contribution in [3.05, 3.63) is 94.5 Å². The zero-order valence-electron chi connectivity index (χ0n) is 19.4. The molecule has 0 aliphatic heterocycles. The van der Waals surface area contributed by atoms with Gasteiger partial charge in [-0.2, -0.15) is 5.10 Å². The van der Waals surface area contributed by atoms with Crippen LogP contribution in [-0.2, 0) is 14.8 Å². The van der Waals surface area contributed by atoms with E-state index >= 15 is 0 Å². The van der Waals surface area contributed by atoms with E-state index in [0.29, 0.717) is 38.8 Å². The summed E-state index contributed by atoms with van der Waals surface area (Å²) in [6, 6.07) is 20.7. The maximum absolute atomic E-state index is 12.5. The molecule has 0 unspecified atom stereocenters. The average Bonchev–Trinajstić information content (AvgIpc) is 2.83. The van der Waals surface area contributed by atoms with Crippen molar-refractivity contribution < 1.29 is 18.0 Å². The van der Waals surface area contributed by atoms with Gasteiger partial charge in [0.1, 0.15) is 6.54 Å². The van der Waals surface area contributed by atoms with E-state index in [2.05, 4.69) is 15.8 Å². The number of hydrogen-bond acceptors (Lipinski definition) is 5. The molecule has 3 rings (SSSR count). The van der Waals surface area contributed by atoms with Crippen LogP contribution in [0.25, 0.3) is 0 Å². The van der Waals surface area contributed by atoms with Gasteiger partial charge < -0.3 is 5.32 Å². The first-order valence-corrected chi connectivity index (χ1v) is 12.8. The van der Waals surface area contributed by atoms with Gasteiger partial charge >= 0.3 is 0 Å². The van der Waals surface area contributed by atoms with Crippen LogP contribution in [0.1, 0.15) is 28.4 Å². The topological polar surface area (TPSA) is 108 Å². The van der Waals surface area contributed by atoms with Crippen LogP contribution in [0, 0.1) is 6.92 Å². The van der Waals surface area contributed by atoms with Gasteiger partial charge in [-0.1, -0.05) is 48.0 Å². The lowest BCUT2D eigenvalue weighted by atomic mass is 10.1. The molecular formula is C25H25ClN4O4S. The Bertz CT molecular complexity index is 1360. The van der Waals surface area contributed by atoms with Crippen molar-refractivity contribution in [2.45, 2.75) is 13.8 Å². The van der Waals surface area contributed by atoms with Crippen molar-refractivity contribution in [1.29, 1.82) is 0 Å². The molecule has 0 radical (unpaired) electrons. The number of carbonyl (C=O) groups excluding carboxylic acids is 2. The molecule has 2 amide bonds. The Morgan fingerprint density at radius 1 is 0.943 bits per heavy atom. The summed E-state index contributed by atoms with van der Waals surface area (Å²) in [6.07, 6.45) is 1.02. The molecule has 0 fully saturated rings. The number of nitrogens with zero attached hydrogens (tertiary/aromatic N) is 2. The van der Waals surface area contributed by atoms with Crippen LogP contribution in [0.3, 0.4) is 0 Å². The maximum Gasteiger partial charge on any atom is 0.260 e. The van der Waals surface area contributed by atoms with Crippen LogP contribution >= 0.6 is 11.6 Å². The van der Waals surface area contributed by atoms with Gasteiger partial charge in [-0.25, -0.2) is 13.8 Å². The standard InChI is InChI=1S/C25H25ClN4O4S/c1-17-22(26)10-7-11-23(17)30(35(3,33)34)16-24(31)29-28-18(2)19-12-14-21(15-13-19)27-25(32)20-8-5-4-6-9-20/h4-15H,16H2,1-3H3,(H,27,32)(H,29,31)/b28-18-. The number of hydrogen-bond donors (Lipinski definition) is 2. The van der Waals surface area contributed by atoms with Gasteiger partial charge in [0.25, 0.3) is 11.8 Å². The number of carbonyl (C=O) groups is 2. The number of amides is 2. The number of anilines is 2. The maximum atomic E-state index is 12.5. The molecule has 0 saturated heterocycles. The van der Waals surface area contributed by atoms with Crippen molar-refractivity contribution in [2.75, 3.05) is 22.4 Å². The van der Waals surface area contributed by atoms with Gasteiger partial charge in [-0.15, -0.1) is 0 Å². The van der Waals surface area contributed by atoms with Crippen molar-refractivity contribution >= 4 is 50.5 Å². The fourth-order valence-electron chi connectivity index (χ4n) is 3.21. The highest BCUT2D eigenvalue weighted by Crippen LogP contribution is 2.28. The van der Waals surface area contributed by atoms with Crippen LogP contribution in [0.2, 0.25) is 5.02 Å². The van der Waals surface area contributed by atoms with Crippen molar-refractivity contribution in [1.82, 2.24) is 5.43 Å². The smallest absolute Gasteiger partial charge is 0.260 e. The third-order valence-corrected chi connectivity index (χ3v) is 6.68. The lowest BCUT2D eigenvalue weighted by Crippen LogP contribution is -2.39. The second-order valence-corrected chi connectivity index (χ2v) is 10.1. The molecule has 3 aromatic carbocycles. The second-order valence-electron chi connectivity index (χ2n) is 7.78. The number of halogens is 1. The Labute approximate surface area is 209 Å². The lowest BCUT2D eigenvalue weighted by molar-refractivity contribution is -0.119. The molecule has 0 heterocycles. The number of nitrogens with one attached hydrogen (secondary N) is 2. The predicted molar refractivity (Wildman–Crippen MR) is 140 cm³/mol. The van der Waals surface area contributed by atoms with Gasteiger partial charge in [0.05, 0.1) is 17.7 Å². The van der Waals surface area contributed by atoms with Crippen molar-refractivity contribution in [3.8, 4) is 0 Å². The summed E-state index contributed by atoms with van der Waals surface area (Å²) in [6.45, 7) is 2.93. The molecule has 2 N–H and O–H groups in total. The summed E-state index contributed by atoms with van der Waals surface area (Å²) in [4.78, 5) is 24.8. The van der Waals surface area contributed by atoms with Gasteiger partial charge in [0.2, 0.25) is 10.0 Å². The quantitative estimate of drug-likeness (QED) is 0.348. The monoisotopic (exact) mass is 512 g/mol. The van der Waals surface area contributed by atoms with Crippen LogP contribution in [0.4, 0.5) is 11.4 Å². The average molecular weight is 513 g/mol. The molecule has 10 heteroatoms. The summed E-state index contributed by atoms with van der Waals surface area (Å²) in [5.74, 6) is -0.831. The van der Waals surface area contributed by atoms with E-state index in [9.17, 15) is 18.0 Å². The molecule has 0 aromatic heterocycles. The summed E-state index contributed by atoms with van der Waals surface area (Å²) in [5.41, 5.74) is 5.65. The predicted octanol–water partition coefficient (Wildman–Crippen LogP) is 4.21. The zero-order valence-corrected chi connectivity index (χ0v) is 21.0. The minimum absolute atomic E-state index is 0.221. The highest BCUT2D eigenvalue weighted by atomic mass is 35.5. The summed E-state index contributed by atoms with van der Waals surface area (Å²) >= 11 is 6.12. The van der Waals surface area contributed by atoms with E-state index in [0.717, 1.165) is 10.6 Å². The van der Waals surface area contributed by atoms with E-state index in [1.54, 1.807) is 80.6 Å². The minimum Gasteiger partial charge on any atom is -0.322 e. The summed E-state index contributed by atoms with van der Waals surface area (Å²) in [7, 11) is -3.75. The van der Waals surface area contributed by atoms with Crippen LogP contribution in [0.15, 0.2) is 77.9 Å². The summed E-state index contributed by atoms with van der Waals surface area (Å²) < 4.78 is 25.6. The Balaban J connectivity index is 1.66. The molecule has 0 bridgehead atoms. The van der Waals surface area contributed by atoms with E-state index in [-0.39, 0.29) is 5.91 Å². The number of hydrazone groups is 1. The SMILES string of the molecule is C/C(=N/NC(=O)CN(c1cccc(Cl)c1C)S(C)(=O)=O)c1ccc(NC(=O)c2ccccc2)cc1. The first kappa shape index (κ1) is 25.9. The van der Waals surface area contributed by atoms with Crippen molar-refractivity contribution in [2.24, 2.45) is 5.10 Å². The third kappa shape index (κ3) is 6.91. The zero-order chi connectivity index (χ0) is 25.6. The van der Waals surface area contributed by atoms with Gasteiger partial charge in [-0.05, 0) is 61.4 Å². The molecule has 0 spiro atoms. The Morgan fingerprint density at radius 3 is 2.23 bits per heavy atom. The number of rotatable bonds is 8. The van der Waals surface area contributed by atoms with E-state index < -0.39 is 22.5 Å². The molecule has 3 aromatic rings. The first-order chi connectivity index (χ1) is 16.6. The molecular weight excluding hydrogens is 488 g/mol. The second kappa shape index (κ2) is 11.2. The van der Waals surface area contributed by atoms with Crippen LogP contribution in [-0.4, -0.2) is 38.7 Å². The Hall–Kier alpha value is -3.69. The molecule has 0 aliphatic carbocycles. The van der Waals surface area contributed by atoms with Gasteiger partial charge in [-0.3, -0.25) is 13.9 Å². The van der Waals surface area contributed by atoms with Gasteiger partial charge in [0.15, 0.2) is 0 Å². The Kier molecular flexibility index (Phi) is 8.26. The van der Waals surface area contributed by atoms with Crippen molar-refractivity contribution in [3.63, 3.8) is 0 Å². The Morgan fingerprint density at radius 2 is 1.60 bits per heavy atom. The lowest BCUT2D eigenvalue weighted by Gasteiger charge is -2.23. The largest absolute Gasteiger partial charge is 0.322 e. The molecule has 0 saturated carbocycles. The van der Waals surface area contributed by atoms with E-state index in [1.807, 2.05) is 6.07 Å². The number of benzene rings is 3. The molecule has 8 nitrogen and oxygen atoms in total. The molecule has 0 aliphatic rings. The fraction of sp³-hybridized carbons (Fsp3) is 0.160. The third-order valence-electron chi connectivity index (χ3n) is 5.14. The van der Waals surface area contributed by atoms with E-state index in [4.69, 9.17) is 11.6 Å². The highest BCUT2D eigenvalue weighted by Gasteiger charge is 2.23. The summed E-state index contributed by atoms with van der Waals surface area (Å²) in [5, 5.41) is 7.29. The van der Waals surface area contributed by atoms with Gasteiger partial charge in [0, 0.05) is 16.3 Å². The number of sulfonamides is 1. The van der Waals surface area contributed by atoms with Crippen LogP contribution in [0.5, 0.6) is 0 Å². The highest BCUT2D eigenvalue weighted by molar-refractivity contribution is 7.92. The molecule has 35 heavy (non-hydrogen) atoms. The van der Waals surface area contributed by atoms with Crippen LogP contribution < -0.4 is 15.0 Å². The fourth-order valence-corrected chi connectivity index (χ4v) is 4.29. The normalized spacial score (nSPS) is 11.6. The first-order valence-electron chi connectivity index (χ1n) is 10.6. The molecule has 182 valence electrons.